The highest BCUT2D eigenvalue weighted by Crippen LogP contribution is 2.26. The minimum Gasteiger partial charge on any atom is -0.494 e. The van der Waals surface area contributed by atoms with Gasteiger partial charge in [0.2, 0.25) is 0 Å². The van der Waals surface area contributed by atoms with E-state index in [1.807, 2.05) is 0 Å². The highest BCUT2D eigenvalue weighted by molar-refractivity contribution is 5.99. The smallest absolute Gasteiger partial charge is 0.494 e. The first-order valence-electron chi connectivity index (χ1n) is 13.5. The zero-order chi connectivity index (χ0) is 30.5. The molecule has 0 spiro atoms. The molecule has 0 fully saturated rings. The average Bonchev–Trinajstić information content (AvgIpc) is 2.95. The Bertz CT molecular complexity index is 1330. The number of ether oxygens (including phenoxy) is 3. The third-order valence-corrected chi connectivity index (χ3v) is 6.14. The molecule has 0 aliphatic carbocycles. The maximum Gasteiger partial charge on any atom is 0.573 e. The van der Waals surface area contributed by atoms with Crippen LogP contribution in [0.3, 0.4) is 0 Å². The second-order valence-electron chi connectivity index (χ2n) is 9.43. The second-order valence-corrected chi connectivity index (χ2v) is 9.43. The number of para-hydroxylation sites is 1. The average molecular weight is 588 g/mol. The molecule has 3 aromatic carbocycles. The molecule has 0 radical (unpaired) electrons. The fourth-order valence-electron chi connectivity index (χ4n) is 3.98. The monoisotopic (exact) mass is 587 g/mol. The molecule has 0 saturated heterocycles. The standard InChI is InChI=1S/C31H32F3NO7/c1-2-3-4-5-8-19-40-23-17-13-22(14-18-23)30(39)41-24-15-11-21(12-16-24)20-26(29(37)38)35-28(36)25-9-6-7-10-27(25)42-31(32,33)34/h6-7,9-18,26H,2-5,8,19-20H2,1H3,(H,35,36)(H,37,38)/t26-/m0/s1. The van der Waals surface area contributed by atoms with Crippen molar-refractivity contribution in [1.82, 2.24) is 5.32 Å². The van der Waals surface area contributed by atoms with Crippen molar-refractivity contribution in [2.24, 2.45) is 0 Å². The van der Waals surface area contributed by atoms with Crippen molar-refractivity contribution < 1.29 is 46.9 Å². The molecule has 11 heteroatoms. The van der Waals surface area contributed by atoms with Crippen LogP contribution < -0.4 is 19.5 Å². The summed E-state index contributed by atoms with van der Waals surface area (Å²) in [5.41, 5.74) is 0.321. The van der Waals surface area contributed by atoms with Gasteiger partial charge in [0, 0.05) is 6.42 Å². The summed E-state index contributed by atoms with van der Waals surface area (Å²) in [7, 11) is 0. The van der Waals surface area contributed by atoms with Crippen LogP contribution in [0.25, 0.3) is 0 Å². The minimum absolute atomic E-state index is 0.183. The van der Waals surface area contributed by atoms with Gasteiger partial charge in [0.15, 0.2) is 0 Å². The van der Waals surface area contributed by atoms with Gasteiger partial charge in [0.25, 0.3) is 5.91 Å². The molecule has 0 aliphatic rings. The van der Waals surface area contributed by atoms with E-state index in [1.165, 1.54) is 55.7 Å². The van der Waals surface area contributed by atoms with Crippen molar-refractivity contribution in [2.45, 2.75) is 57.9 Å². The SMILES string of the molecule is CCCCCCCOc1ccc(C(=O)Oc2ccc(C[C@H](NC(=O)c3ccccc3OC(F)(F)F)C(=O)O)cc2)cc1. The van der Waals surface area contributed by atoms with Crippen LogP contribution in [0.5, 0.6) is 17.2 Å². The Labute approximate surface area is 241 Å². The maximum absolute atomic E-state index is 12.7. The van der Waals surface area contributed by atoms with Crippen molar-refractivity contribution in [3.8, 4) is 17.2 Å². The van der Waals surface area contributed by atoms with Gasteiger partial charge in [-0.15, -0.1) is 13.2 Å². The fourth-order valence-corrected chi connectivity index (χ4v) is 3.98. The number of alkyl halides is 3. The number of unbranched alkanes of at least 4 members (excludes halogenated alkanes) is 4. The summed E-state index contributed by atoms with van der Waals surface area (Å²) >= 11 is 0. The third-order valence-electron chi connectivity index (χ3n) is 6.14. The van der Waals surface area contributed by atoms with Gasteiger partial charge in [-0.05, 0) is 60.5 Å². The molecule has 0 unspecified atom stereocenters. The lowest BCUT2D eigenvalue weighted by Gasteiger charge is -2.17. The maximum atomic E-state index is 12.7. The van der Waals surface area contributed by atoms with Crippen LogP contribution in [0.15, 0.2) is 72.8 Å². The predicted octanol–water partition coefficient (Wildman–Crippen LogP) is 6.58. The molecule has 42 heavy (non-hydrogen) atoms. The van der Waals surface area contributed by atoms with Gasteiger partial charge in [-0.2, -0.15) is 0 Å². The number of carbonyl (C=O) groups excluding carboxylic acids is 2. The van der Waals surface area contributed by atoms with Crippen LogP contribution in [-0.4, -0.2) is 42.0 Å². The molecule has 3 rings (SSSR count). The number of amides is 1. The van der Waals surface area contributed by atoms with E-state index in [4.69, 9.17) is 9.47 Å². The van der Waals surface area contributed by atoms with Crippen molar-refractivity contribution in [2.75, 3.05) is 6.61 Å². The van der Waals surface area contributed by atoms with E-state index < -0.39 is 41.6 Å². The molecule has 1 amide bonds. The first-order valence-corrected chi connectivity index (χ1v) is 13.5. The molecule has 0 bridgehead atoms. The summed E-state index contributed by atoms with van der Waals surface area (Å²) in [5.74, 6) is -2.91. The Morgan fingerprint density at radius 3 is 2.14 bits per heavy atom. The van der Waals surface area contributed by atoms with Gasteiger partial charge in [-0.25, -0.2) is 9.59 Å². The Balaban J connectivity index is 1.54. The molecule has 0 saturated carbocycles. The Morgan fingerprint density at radius 2 is 1.50 bits per heavy atom. The van der Waals surface area contributed by atoms with Crippen molar-refractivity contribution in [1.29, 1.82) is 0 Å². The van der Waals surface area contributed by atoms with Crippen LogP contribution in [0.4, 0.5) is 13.2 Å². The van der Waals surface area contributed by atoms with E-state index in [0.29, 0.717) is 23.5 Å². The Hall–Kier alpha value is -4.54. The molecule has 3 aromatic rings. The normalized spacial score (nSPS) is 11.8. The van der Waals surface area contributed by atoms with E-state index in [1.54, 1.807) is 24.3 Å². The Morgan fingerprint density at radius 1 is 0.857 bits per heavy atom. The number of hydrogen-bond acceptors (Lipinski definition) is 6. The topological polar surface area (TPSA) is 111 Å². The van der Waals surface area contributed by atoms with E-state index in [2.05, 4.69) is 17.0 Å². The number of carbonyl (C=O) groups is 3. The number of esters is 1. The number of benzene rings is 3. The summed E-state index contributed by atoms with van der Waals surface area (Å²) in [6.45, 7) is 2.76. The van der Waals surface area contributed by atoms with Crippen molar-refractivity contribution >= 4 is 17.8 Å². The first-order chi connectivity index (χ1) is 20.1. The lowest BCUT2D eigenvalue weighted by molar-refractivity contribution is -0.274. The molecule has 1 atom stereocenters. The first kappa shape index (κ1) is 32.0. The molecular formula is C31H32F3NO7. The molecule has 0 heterocycles. The van der Waals surface area contributed by atoms with Crippen LogP contribution in [0.2, 0.25) is 0 Å². The zero-order valence-corrected chi connectivity index (χ0v) is 23.0. The predicted molar refractivity (Wildman–Crippen MR) is 148 cm³/mol. The van der Waals surface area contributed by atoms with Gasteiger partial charge in [-0.3, -0.25) is 4.79 Å². The highest BCUT2D eigenvalue weighted by atomic mass is 19.4. The molecule has 0 aromatic heterocycles. The van der Waals surface area contributed by atoms with Gasteiger partial charge < -0.3 is 24.6 Å². The number of rotatable bonds is 15. The van der Waals surface area contributed by atoms with Crippen molar-refractivity contribution in [3.63, 3.8) is 0 Å². The summed E-state index contributed by atoms with van der Waals surface area (Å²) in [6.07, 6.45) is 0.433. The molecule has 8 nitrogen and oxygen atoms in total. The van der Waals surface area contributed by atoms with E-state index in [-0.39, 0.29) is 12.2 Å². The van der Waals surface area contributed by atoms with Crippen LogP contribution >= 0.6 is 0 Å². The quantitative estimate of drug-likeness (QED) is 0.117. The molecule has 224 valence electrons. The molecule has 2 N–H and O–H groups in total. The number of carboxylic acids is 1. The fraction of sp³-hybridized carbons (Fsp3) is 0.323. The third kappa shape index (κ3) is 10.5. The van der Waals surface area contributed by atoms with Gasteiger partial charge >= 0.3 is 18.3 Å². The summed E-state index contributed by atoms with van der Waals surface area (Å²) in [5, 5.41) is 11.8. The number of aliphatic carboxylic acids is 1. The lowest BCUT2D eigenvalue weighted by atomic mass is 10.0. The summed E-state index contributed by atoms with van der Waals surface area (Å²) in [4.78, 5) is 36.9. The number of carboxylic acid groups (broad SMARTS) is 1. The van der Waals surface area contributed by atoms with E-state index in [0.717, 1.165) is 25.0 Å². The Kier molecular flexibility index (Phi) is 11.8. The van der Waals surface area contributed by atoms with E-state index >= 15 is 0 Å². The molecule has 0 aliphatic heterocycles. The number of hydrogen-bond donors (Lipinski definition) is 2. The van der Waals surface area contributed by atoms with Gasteiger partial charge in [0.1, 0.15) is 23.3 Å². The van der Waals surface area contributed by atoms with Crippen LogP contribution in [0.1, 0.15) is 65.3 Å². The number of nitrogens with one attached hydrogen (secondary N) is 1. The minimum atomic E-state index is -5.03. The van der Waals surface area contributed by atoms with Crippen molar-refractivity contribution in [3.05, 3.63) is 89.5 Å². The van der Waals surface area contributed by atoms with Crippen LogP contribution in [0, 0.1) is 0 Å². The second kappa shape index (κ2) is 15.5. The lowest BCUT2D eigenvalue weighted by Crippen LogP contribution is -2.42. The molecular weight excluding hydrogens is 555 g/mol. The number of halogens is 3. The van der Waals surface area contributed by atoms with Crippen LogP contribution in [-0.2, 0) is 11.2 Å². The summed E-state index contributed by atoms with van der Waals surface area (Å²) in [6, 6.07) is 15.7. The highest BCUT2D eigenvalue weighted by Gasteiger charge is 2.33. The largest absolute Gasteiger partial charge is 0.573 e. The van der Waals surface area contributed by atoms with Gasteiger partial charge in [-0.1, -0.05) is 56.9 Å². The van der Waals surface area contributed by atoms with Gasteiger partial charge in [0.05, 0.1) is 17.7 Å². The zero-order valence-electron chi connectivity index (χ0n) is 23.0. The summed E-state index contributed by atoms with van der Waals surface area (Å²) < 4.78 is 53.0. The van der Waals surface area contributed by atoms with E-state index in [9.17, 15) is 32.7 Å².